The van der Waals surface area contributed by atoms with E-state index in [0.717, 1.165) is 5.39 Å². The van der Waals surface area contributed by atoms with Crippen molar-refractivity contribution in [2.75, 3.05) is 13.1 Å². The van der Waals surface area contributed by atoms with E-state index in [9.17, 15) is 27.1 Å². The van der Waals surface area contributed by atoms with Crippen LogP contribution >= 0.6 is 0 Å². The highest BCUT2D eigenvalue weighted by Crippen LogP contribution is 2.48. The van der Waals surface area contributed by atoms with Crippen LogP contribution in [0.15, 0.2) is 49.2 Å². The number of benzene rings is 2. The molecule has 0 spiro atoms. The van der Waals surface area contributed by atoms with Crippen LogP contribution in [0.5, 0.6) is 0 Å². The smallest absolute Gasteiger partial charge is 0.200 e. The summed E-state index contributed by atoms with van der Waals surface area (Å²) in [5.74, 6) is -9.44. The number of aliphatic hydroxyl groups is 1. The predicted molar refractivity (Wildman–Crippen MR) is 117 cm³/mol. The van der Waals surface area contributed by atoms with Crippen LogP contribution in [-0.4, -0.2) is 33.7 Å². The molecule has 4 heterocycles. The van der Waals surface area contributed by atoms with Crippen LogP contribution in [0.1, 0.15) is 30.1 Å². The molecule has 3 aliphatic heterocycles. The minimum atomic E-state index is -2.17. The van der Waals surface area contributed by atoms with Gasteiger partial charge in [-0.25, -0.2) is 22.0 Å². The molecule has 8 heteroatoms. The second kappa shape index (κ2) is 8.43. The summed E-state index contributed by atoms with van der Waals surface area (Å²) in [7, 11) is 0. The third kappa shape index (κ3) is 3.43. The van der Waals surface area contributed by atoms with Gasteiger partial charge in [-0.3, -0.25) is 4.98 Å². The molecule has 34 heavy (non-hydrogen) atoms. The molecule has 178 valence electrons. The van der Waals surface area contributed by atoms with E-state index in [4.69, 9.17) is 0 Å². The summed E-state index contributed by atoms with van der Waals surface area (Å²) >= 11 is 0. The van der Waals surface area contributed by atoms with Gasteiger partial charge >= 0.3 is 0 Å². The number of para-hydroxylation sites is 1. The molecule has 3 saturated heterocycles. The highest BCUT2D eigenvalue weighted by molar-refractivity contribution is 5.82. The zero-order valence-corrected chi connectivity index (χ0v) is 18.3. The summed E-state index contributed by atoms with van der Waals surface area (Å²) in [6, 6.07) is 8.57. The Bertz CT molecular complexity index is 1250. The maximum absolute atomic E-state index is 14.7. The summed E-state index contributed by atoms with van der Waals surface area (Å²) < 4.78 is 71.1. The number of hydrogen-bond acceptors (Lipinski definition) is 2. The van der Waals surface area contributed by atoms with Gasteiger partial charge in [-0.1, -0.05) is 24.3 Å². The van der Waals surface area contributed by atoms with Crippen LogP contribution in [-0.2, 0) is 6.54 Å². The number of rotatable bonds is 5. The van der Waals surface area contributed by atoms with Gasteiger partial charge in [0.05, 0.1) is 24.2 Å². The fraction of sp³-hybridized carbons (Fsp3) is 0.346. The molecular weight excluding hydrogens is 451 g/mol. The molecule has 3 nitrogen and oxygen atoms in total. The first-order valence-corrected chi connectivity index (χ1v) is 11.3. The van der Waals surface area contributed by atoms with Crippen molar-refractivity contribution in [3.63, 3.8) is 0 Å². The number of piperidine rings is 3. The Morgan fingerprint density at radius 2 is 1.71 bits per heavy atom. The van der Waals surface area contributed by atoms with Gasteiger partial charge in [-0.15, -0.1) is 6.58 Å². The molecule has 0 saturated carbocycles. The molecule has 0 radical (unpaired) electrons. The van der Waals surface area contributed by atoms with Crippen molar-refractivity contribution in [2.45, 2.75) is 31.5 Å². The zero-order valence-electron chi connectivity index (χ0n) is 18.3. The molecule has 6 rings (SSSR count). The lowest BCUT2D eigenvalue weighted by Crippen LogP contribution is -2.67. The first-order chi connectivity index (χ1) is 16.3. The Kier molecular flexibility index (Phi) is 5.68. The van der Waals surface area contributed by atoms with Crippen molar-refractivity contribution in [1.29, 1.82) is 0 Å². The van der Waals surface area contributed by atoms with Gasteiger partial charge < -0.3 is 9.59 Å². The molecule has 5 atom stereocenters. The van der Waals surface area contributed by atoms with Crippen LogP contribution in [0, 0.1) is 40.9 Å². The van der Waals surface area contributed by atoms with Crippen LogP contribution in [0.4, 0.5) is 22.0 Å². The monoisotopic (exact) mass is 475 g/mol. The molecule has 3 fully saturated rings. The Labute approximate surface area is 193 Å². The maximum Gasteiger partial charge on any atom is 0.200 e. The van der Waals surface area contributed by atoms with E-state index in [1.54, 1.807) is 18.3 Å². The molecular formula is C26H24F5N2O+. The SMILES string of the molecule is C=CC1C[N+]2(Cc3c(F)c(F)c(F)c(F)c3F)CCC1CC2[C@H](O)c1ccnc2ccccc12. The number of halogens is 5. The van der Waals surface area contributed by atoms with E-state index in [2.05, 4.69) is 11.6 Å². The number of aromatic nitrogens is 1. The van der Waals surface area contributed by atoms with Gasteiger partial charge in [0.15, 0.2) is 23.3 Å². The number of nitrogens with zero attached hydrogens (tertiary/aromatic N) is 2. The minimum Gasteiger partial charge on any atom is -0.382 e. The molecule has 1 N–H and O–H groups in total. The fourth-order valence-corrected chi connectivity index (χ4v) is 6.07. The number of aliphatic hydroxyl groups excluding tert-OH is 1. The Hall–Kier alpha value is -2.84. The number of hydrogen-bond donors (Lipinski definition) is 1. The van der Waals surface area contributed by atoms with Gasteiger partial charge in [-0.05, 0) is 23.6 Å². The summed E-state index contributed by atoms with van der Waals surface area (Å²) in [6.45, 7) is 4.34. The second-order valence-electron chi connectivity index (χ2n) is 9.44. The van der Waals surface area contributed by atoms with Gasteiger partial charge in [0.25, 0.3) is 0 Å². The molecule has 3 aliphatic rings. The lowest BCUT2D eigenvalue weighted by molar-refractivity contribution is -0.985. The first kappa shape index (κ1) is 22.9. The van der Waals surface area contributed by atoms with Crippen molar-refractivity contribution < 1.29 is 31.5 Å². The summed E-state index contributed by atoms with van der Waals surface area (Å²) in [5, 5.41) is 12.4. The van der Waals surface area contributed by atoms with Crippen molar-refractivity contribution in [2.24, 2.45) is 11.8 Å². The highest BCUT2D eigenvalue weighted by atomic mass is 19.2. The zero-order chi connectivity index (χ0) is 24.2. The summed E-state index contributed by atoms with van der Waals surface area (Å²) in [6.07, 6.45) is 3.64. The Morgan fingerprint density at radius 1 is 1.03 bits per heavy atom. The maximum atomic E-state index is 14.7. The normalized spacial score (nSPS) is 27.2. The van der Waals surface area contributed by atoms with Crippen molar-refractivity contribution in [1.82, 2.24) is 4.98 Å². The van der Waals surface area contributed by atoms with E-state index < -0.39 is 53.3 Å². The van der Waals surface area contributed by atoms with Gasteiger partial charge in [0, 0.05) is 30.3 Å². The second-order valence-corrected chi connectivity index (χ2v) is 9.44. The van der Waals surface area contributed by atoms with Crippen molar-refractivity contribution >= 4 is 10.9 Å². The molecule has 3 aromatic rings. The molecule has 4 unspecified atom stereocenters. The largest absolute Gasteiger partial charge is 0.382 e. The lowest BCUT2D eigenvalue weighted by Gasteiger charge is -2.58. The van der Waals surface area contributed by atoms with Gasteiger partial charge in [-0.2, -0.15) is 0 Å². The van der Waals surface area contributed by atoms with Crippen LogP contribution < -0.4 is 0 Å². The first-order valence-electron chi connectivity index (χ1n) is 11.3. The van der Waals surface area contributed by atoms with E-state index in [1.165, 1.54) is 0 Å². The van der Waals surface area contributed by atoms with E-state index >= 15 is 0 Å². The van der Waals surface area contributed by atoms with Crippen LogP contribution in [0.3, 0.4) is 0 Å². The van der Waals surface area contributed by atoms with Gasteiger partial charge in [0.2, 0.25) is 5.82 Å². The quantitative estimate of drug-likeness (QED) is 0.172. The fourth-order valence-electron chi connectivity index (χ4n) is 6.07. The number of pyridine rings is 1. The van der Waals surface area contributed by atoms with E-state index in [-0.39, 0.29) is 16.3 Å². The van der Waals surface area contributed by atoms with Crippen LogP contribution in [0.25, 0.3) is 10.9 Å². The molecule has 2 bridgehead atoms. The Balaban J connectivity index is 1.61. The van der Waals surface area contributed by atoms with E-state index in [0.29, 0.717) is 37.0 Å². The average molecular weight is 475 g/mol. The average Bonchev–Trinajstić information content (AvgIpc) is 2.88. The predicted octanol–water partition coefficient (Wildman–Crippen LogP) is 5.58. The topological polar surface area (TPSA) is 33.1 Å². The van der Waals surface area contributed by atoms with Crippen molar-refractivity contribution in [3.8, 4) is 0 Å². The number of quaternary nitrogens is 1. The molecule has 1 aromatic heterocycles. The Morgan fingerprint density at radius 3 is 2.41 bits per heavy atom. The third-order valence-corrected chi connectivity index (χ3v) is 7.82. The third-order valence-electron chi connectivity index (χ3n) is 7.82. The molecule has 2 aromatic carbocycles. The standard InChI is InChI=1S/C26H24F5N2O/c1-2-14-12-33(13-18-21(27)23(29)25(31)24(30)22(18)28)10-8-15(14)11-20(33)26(34)17-7-9-32-19-6-4-3-5-16(17)19/h2-7,9,14-15,20,26,34H,1,8,10-13H2/q+1/t14?,15?,20?,26-,33?/m1/s1. The highest BCUT2D eigenvalue weighted by Gasteiger charge is 2.54. The summed E-state index contributed by atoms with van der Waals surface area (Å²) in [5.41, 5.74) is 0.495. The number of fused-ring (bicyclic) bond motifs is 4. The van der Waals surface area contributed by atoms with Gasteiger partial charge in [0.1, 0.15) is 18.7 Å². The summed E-state index contributed by atoms with van der Waals surface area (Å²) in [4.78, 5) is 4.33. The molecule has 0 amide bonds. The van der Waals surface area contributed by atoms with Crippen LogP contribution in [0.2, 0.25) is 0 Å². The molecule has 0 aliphatic carbocycles. The van der Waals surface area contributed by atoms with Crippen molar-refractivity contribution in [3.05, 3.63) is 89.4 Å². The van der Waals surface area contributed by atoms with E-state index in [1.807, 2.05) is 24.3 Å². The lowest BCUT2D eigenvalue weighted by atomic mass is 9.71. The minimum absolute atomic E-state index is 0.0172.